The zero-order valence-electron chi connectivity index (χ0n) is 16.9. The van der Waals surface area contributed by atoms with Crippen LogP contribution in [-0.2, 0) is 38.2 Å². The van der Waals surface area contributed by atoms with Crippen molar-refractivity contribution in [2.24, 2.45) is 11.8 Å². The van der Waals surface area contributed by atoms with Crippen molar-refractivity contribution >= 4 is 35.4 Å². The van der Waals surface area contributed by atoms with Crippen LogP contribution in [-0.4, -0.2) is 47.7 Å². The van der Waals surface area contributed by atoms with Crippen LogP contribution in [0.2, 0.25) is 0 Å². The molecule has 10 heteroatoms. The van der Waals surface area contributed by atoms with E-state index in [0.29, 0.717) is 0 Å². The van der Waals surface area contributed by atoms with Gasteiger partial charge >= 0.3 is 17.9 Å². The predicted octanol–water partition coefficient (Wildman–Crippen LogP) is 0.877. The highest BCUT2D eigenvalue weighted by Gasteiger charge is 2.72. The Bertz CT molecular complexity index is 998. The highest BCUT2D eigenvalue weighted by Crippen LogP contribution is 2.54. The zero-order valence-corrected chi connectivity index (χ0v) is 16.9. The molecule has 4 atom stereocenters. The average Bonchev–Trinajstić information content (AvgIpc) is 3.32. The lowest BCUT2D eigenvalue weighted by Crippen LogP contribution is -2.52. The van der Waals surface area contributed by atoms with Gasteiger partial charge in [0.05, 0.1) is 23.6 Å². The maximum absolute atomic E-state index is 13.4. The lowest BCUT2D eigenvalue weighted by Gasteiger charge is -2.34. The highest BCUT2D eigenvalue weighted by molar-refractivity contribution is 6.23. The summed E-state index contributed by atoms with van der Waals surface area (Å²) in [7, 11) is 0. The molecule has 2 fully saturated rings. The molecule has 2 saturated heterocycles. The van der Waals surface area contributed by atoms with Gasteiger partial charge in [0, 0.05) is 20.8 Å². The molecule has 3 aliphatic rings. The summed E-state index contributed by atoms with van der Waals surface area (Å²) in [5, 5.41) is 0. The Morgan fingerprint density at radius 2 is 1.58 bits per heavy atom. The van der Waals surface area contributed by atoms with Crippen molar-refractivity contribution in [2.75, 3.05) is 4.90 Å². The molecular weight excluding hydrogens is 410 g/mol. The first-order chi connectivity index (χ1) is 14.6. The number of esters is 3. The van der Waals surface area contributed by atoms with Crippen LogP contribution >= 0.6 is 0 Å². The number of imide groups is 1. The van der Waals surface area contributed by atoms with Crippen LogP contribution in [0.25, 0.3) is 0 Å². The molecule has 0 spiro atoms. The summed E-state index contributed by atoms with van der Waals surface area (Å²) >= 11 is 0. The molecule has 0 unspecified atom stereocenters. The van der Waals surface area contributed by atoms with Gasteiger partial charge in [-0.2, -0.15) is 0 Å². The first-order valence-electron chi connectivity index (χ1n) is 9.52. The molecule has 2 bridgehead atoms. The van der Waals surface area contributed by atoms with Gasteiger partial charge in [0.2, 0.25) is 11.8 Å². The Morgan fingerprint density at radius 3 is 2.13 bits per heavy atom. The summed E-state index contributed by atoms with van der Waals surface area (Å²) in [5.41, 5.74) is -1.32. The number of carbonyl (C=O) groups excluding carboxylic acids is 5. The number of hydrogen-bond acceptors (Lipinski definition) is 9. The monoisotopic (exact) mass is 429 g/mol. The lowest BCUT2D eigenvalue weighted by molar-refractivity contribution is -0.226. The van der Waals surface area contributed by atoms with E-state index in [1.54, 1.807) is 6.08 Å². The van der Waals surface area contributed by atoms with Crippen molar-refractivity contribution < 1.29 is 42.9 Å². The molecule has 0 N–H and O–H groups in total. The van der Waals surface area contributed by atoms with Gasteiger partial charge in [-0.15, -0.1) is 0 Å². The third-order valence-corrected chi connectivity index (χ3v) is 5.35. The maximum Gasteiger partial charge on any atom is 0.308 e. The molecule has 10 nitrogen and oxygen atoms in total. The second-order valence-corrected chi connectivity index (χ2v) is 7.45. The quantitative estimate of drug-likeness (QED) is 0.220. The van der Waals surface area contributed by atoms with Gasteiger partial charge in [0.1, 0.15) is 5.75 Å². The van der Waals surface area contributed by atoms with Gasteiger partial charge < -0.3 is 18.9 Å². The van der Waals surface area contributed by atoms with Crippen molar-refractivity contribution in [1.82, 2.24) is 0 Å². The molecule has 31 heavy (non-hydrogen) atoms. The fourth-order valence-electron chi connectivity index (χ4n) is 4.30. The fraction of sp³-hybridized carbons (Fsp3) is 0.381. The number of carbonyl (C=O) groups is 5. The van der Waals surface area contributed by atoms with Crippen molar-refractivity contribution in [2.45, 2.75) is 38.8 Å². The third-order valence-electron chi connectivity index (χ3n) is 5.35. The van der Waals surface area contributed by atoms with Crippen LogP contribution in [0.1, 0.15) is 20.8 Å². The van der Waals surface area contributed by atoms with E-state index in [2.05, 4.69) is 0 Å². The predicted molar refractivity (Wildman–Crippen MR) is 101 cm³/mol. The van der Waals surface area contributed by atoms with E-state index in [4.69, 9.17) is 18.9 Å². The number of ether oxygens (including phenoxy) is 4. The minimum absolute atomic E-state index is 0.266. The maximum atomic E-state index is 13.4. The van der Waals surface area contributed by atoms with Crippen molar-refractivity contribution in [3.05, 3.63) is 36.4 Å². The number of amides is 2. The van der Waals surface area contributed by atoms with Crippen molar-refractivity contribution in [3.63, 3.8) is 0 Å². The third kappa shape index (κ3) is 3.28. The first kappa shape index (κ1) is 20.7. The lowest BCUT2D eigenvalue weighted by atomic mass is 9.76. The average molecular weight is 429 g/mol. The summed E-state index contributed by atoms with van der Waals surface area (Å²) in [6.07, 6.45) is 0.843. The van der Waals surface area contributed by atoms with Crippen LogP contribution in [0.15, 0.2) is 36.4 Å². The minimum atomic E-state index is -1.61. The van der Waals surface area contributed by atoms with Crippen LogP contribution < -0.4 is 9.64 Å². The topological polar surface area (TPSA) is 126 Å². The first-order valence-corrected chi connectivity index (χ1v) is 9.52. The molecule has 0 radical (unpaired) electrons. The van der Waals surface area contributed by atoms with Gasteiger partial charge in [-0.1, -0.05) is 6.08 Å². The standard InChI is InChI=1S/C21H19NO9/c1-10(23)28-14-6-4-13(5-7-14)22-18(26)16-15-8-9-21(31-15,17(16)19(22)27)20(29-11(2)24)30-12(3)25/h4-9,15-17,20H,1-3H3/t15-,16+,17-,21-/m1/s1. The van der Waals surface area contributed by atoms with E-state index in [9.17, 15) is 24.0 Å². The molecule has 162 valence electrons. The molecule has 0 saturated carbocycles. The van der Waals surface area contributed by atoms with Gasteiger partial charge in [-0.05, 0) is 30.3 Å². The van der Waals surface area contributed by atoms with E-state index in [-0.39, 0.29) is 11.4 Å². The number of nitrogens with zero attached hydrogens (tertiary/aromatic N) is 1. The van der Waals surface area contributed by atoms with E-state index in [0.717, 1.165) is 18.7 Å². The Morgan fingerprint density at radius 1 is 0.968 bits per heavy atom. The minimum Gasteiger partial charge on any atom is -0.427 e. The zero-order chi connectivity index (χ0) is 22.5. The van der Waals surface area contributed by atoms with Crippen molar-refractivity contribution in [3.8, 4) is 5.75 Å². The number of fused-ring (bicyclic) bond motifs is 5. The molecule has 0 aliphatic carbocycles. The summed E-state index contributed by atoms with van der Waals surface area (Å²) in [4.78, 5) is 61.8. The highest BCUT2D eigenvalue weighted by atomic mass is 16.7. The second kappa shape index (κ2) is 7.31. The molecule has 3 aliphatic heterocycles. The molecule has 1 aromatic carbocycles. The molecular formula is C21H19NO9. The Kier molecular flexibility index (Phi) is 4.89. The van der Waals surface area contributed by atoms with E-state index < -0.39 is 59.6 Å². The summed E-state index contributed by atoms with van der Waals surface area (Å²) in [6, 6.07) is 5.89. The van der Waals surface area contributed by atoms with Crippen LogP contribution in [0.3, 0.4) is 0 Å². The molecule has 4 rings (SSSR count). The molecule has 0 aromatic heterocycles. The van der Waals surface area contributed by atoms with Gasteiger partial charge in [0.15, 0.2) is 5.60 Å². The van der Waals surface area contributed by atoms with E-state index in [1.165, 1.54) is 37.3 Å². The van der Waals surface area contributed by atoms with Crippen LogP contribution in [0.4, 0.5) is 5.69 Å². The number of rotatable bonds is 5. The van der Waals surface area contributed by atoms with Gasteiger partial charge in [-0.25, -0.2) is 4.90 Å². The van der Waals surface area contributed by atoms with Crippen LogP contribution in [0.5, 0.6) is 5.75 Å². The molecule has 2 amide bonds. The van der Waals surface area contributed by atoms with Crippen LogP contribution in [0, 0.1) is 11.8 Å². The van der Waals surface area contributed by atoms with Gasteiger partial charge in [-0.3, -0.25) is 24.0 Å². The largest absolute Gasteiger partial charge is 0.427 e. The summed E-state index contributed by atoms with van der Waals surface area (Å²) in [6.45, 7) is 3.52. The van der Waals surface area contributed by atoms with E-state index in [1.807, 2.05) is 0 Å². The second-order valence-electron chi connectivity index (χ2n) is 7.45. The summed E-state index contributed by atoms with van der Waals surface area (Å²) in [5.74, 6) is -4.69. The normalized spacial score (nSPS) is 28.1. The smallest absolute Gasteiger partial charge is 0.308 e. The number of benzene rings is 1. The summed E-state index contributed by atoms with van der Waals surface area (Å²) < 4.78 is 21.2. The molecule has 3 heterocycles. The van der Waals surface area contributed by atoms with E-state index >= 15 is 0 Å². The number of hydrogen-bond donors (Lipinski definition) is 0. The Labute approximate surface area is 176 Å². The number of anilines is 1. The van der Waals surface area contributed by atoms with Crippen molar-refractivity contribution in [1.29, 1.82) is 0 Å². The SMILES string of the molecule is CC(=O)Oc1ccc(N2C(=O)[C@H]3[C@H]4C=C[C@@](C(OC(C)=O)OC(C)=O)(O4)[C@H]3C2=O)cc1. The Balaban J connectivity index is 1.68. The van der Waals surface area contributed by atoms with Gasteiger partial charge in [0.25, 0.3) is 6.29 Å². The fourth-order valence-corrected chi connectivity index (χ4v) is 4.30. The molecule has 1 aromatic rings. The Hall–Kier alpha value is -3.53.